The molecule has 9 heteroatoms. The van der Waals surface area contributed by atoms with Crippen LogP contribution in [0.4, 0.5) is 11.4 Å². The molecule has 0 fully saturated rings. The highest BCUT2D eigenvalue weighted by molar-refractivity contribution is 6.03. The van der Waals surface area contributed by atoms with Crippen LogP contribution in [0.2, 0.25) is 0 Å². The van der Waals surface area contributed by atoms with Crippen molar-refractivity contribution in [1.29, 1.82) is 0 Å². The summed E-state index contributed by atoms with van der Waals surface area (Å²) in [6, 6.07) is 26.1. The Hall–Kier alpha value is -5.28. The van der Waals surface area contributed by atoms with E-state index >= 15 is 0 Å². The standard InChI is InChI=1S/C31H26N4O5/c32-25(30(37)35-24-12-9-20(10-13-24)31(38)39)16-19-5-4-6-22(15-19)29(36)28(34-23-7-2-1-3-8-23)21-11-14-26-27(17-21)40-18-33-26/h1-15,17-18,25,28,34H,16,32H2,(H,35,37)(H,38,39)/t25-,28?/m0/s1. The molecular formula is C31H26N4O5. The topological polar surface area (TPSA) is 148 Å². The number of carboxylic acid groups (broad SMARTS) is 1. The van der Waals surface area contributed by atoms with Crippen molar-refractivity contribution in [2.75, 3.05) is 10.6 Å². The number of Topliss-reactive ketones (excluding diaryl/α,β-unsaturated/α-hetero) is 1. The highest BCUT2D eigenvalue weighted by Crippen LogP contribution is 2.27. The smallest absolute Gasteiger partial charge is 0.335 e. The van der Waals surface area contributed by atoms with Crippen molar-refractivity contribution in [3.05, 3.63) is 126 Å². The van der Waals surface area contributed by atoms with Crippen LogP contribution in [0.5, 0.6) is 0 Å². The third-order valence-corrected chi connectivity index (χ3v) is 6.44. The van der Waals surface area contributed by atoms with Gasteiger partial charge in [-0.2, -0.15) is 0 Å². The Labute approximate surface area is 229 Å². The van der Waals surface area contributed by atoms with Crippen LogP contribution in [0.1, 0.15) is 37.9 Å². The van der Waals surface area contributed by atoms with Crippen LogP contribution in [0.3, 0.4) is 0 Å². The van der Waals surface area contributed by atoms with E-state index < -0.39 is 24.0 Å². The minimum atomic E-state index is -1.05. The lowest BCUT2D eigenvalue weighted by Crippen LogP contribution is -2.37. The number of rotatable bonds is 10. The van der Waals surface area contributed by atoms with Gasteiger partial charge in [0.2, 0.25) is 5.91 Å². The van der Waals surface area contributed by atoms with Crippen LogP contribution in [0, 0.1) is 0 Å². The number of nitrogens with one attached hydrogen (secondary N) is 2. The number of para-hydroxylation sites is 1. The molecular weight excluding hydrogens is 508 g/mol. The SMILES string of the molecule is N[C@@H](Cc1cccc(C(=O)C(Nc2ccccc2)c2ccc3ncoc3c2)c1)C(=O)Nc1ccc(C(=O)O)cc1. The lowest BCUT2D eigenvalue weighted by atomic mass is 9.94. The average Bonchev–Trinajstić information content (AvgIpc) is 3.44. The molecule has 0 aliphatic carbocycles. The molecule has 5 N–H and O–H groups in total. The molecule has 200 valence electrons. The molecule has 2 atom stereocenters. The molecule has 1 heterocycles. The number of carbonyl (C=O) groups excluding carboxylic acids is 2. The molecule has 0 saturated carbocycles. The van der Waals surface area contributed by atoms with E-state index in [9.17, 15) is 14.4 Å². The van der Waals surface area contributed by atoms with Gasteiger partial charge in [-0.1, -0.05) is 42.5 Å². The third-order valence-electron chi connectivity index (χ3n) is 6.44. The molecule has 0 spiro atoms. The summed E-state index contributed by atoms with van der Waals surface area (Å²) < 4.78 is 5.46. The molecule has 0 aliphatic rings. The summed E-state index contributed by atoms with van der Waals surface area (Å²) in [4.78, 5) is 41.7. The van der Waals surface area contributed by atoms with Gasteiger partial charge in [-0.3, -0.25) is 9.59 Å². The summed E-state index contributed by atoms with van der Waals surface area (Å²) in [6.45, 7) is 0. The number of nitrogens with zero attached hydrogens (tertiary/aromatic N) is 1. The molecule has 40 heavy (non-hydrogen) atoms. The number of nitrogens with two attached hydrogens (primary N) is 1. The molecule has 0 aliphatic heterocycles. The van der Waals surface area contributed by atoms with E-state index in [4.69, 9.17) is 15.3 Å². The number of hydrogen-bond donors (Lipinski definition) is 4. The molecule has 5 rings (SSSR count). The Kier molecular flexibility index (Phi) is 7.65. The van der Waals surface area contributed by atoms with Gasteiger partial charge in [0, 0.05) is 16.9 Å². The number of anilines is 2. The maximum atomic E-state index is 13.9. The predicted molar refractivity (Wildman–Crippen MR) is 151 cm³/mol. The molecule has 0 saturated heterocycles. The highest BCUT2D eigenvalue weighted by Gasteiger charge is 2.24. The molecule has 0 bridgehead atoms. The van der Waals surface area contributed by atoms with Crippen LogP contribution in [-0.4, -0.2) is 33.8 Å². The second kappa shape index (κ2) is 11.6. The first-order valence-corrected chi connectivity index (χ1v) is 12.5. The van der Waals surface area contributed by atoms with Crippen molar-refractivity contribution in [2.24, 2.45) is 5.73 Å². The van der Waals surface area contributed by atoms with E-state index in [1.807, 2.05) is 48.5 Å². The fraction of sp³-hybridized carbons (Fsp3) is 0.0968. The van der Waals surface area contributed by atoms with E-state index in [0.29, 0.717) is 27.9 Å². The Morgan fingerprint density at radius 1 is 0.850 bits per heavy atom. The van der Waals surface area contributed by atoms with Crippen molar-refractivity contribution in [1.82, 2.24) is 4.98 Å². The van der Waals surface area contributed by atoms with E-state index in [1.165, 1.54) is 30.7 Å². The number of hydrogen-bond acceptors (Lipinski definition) is 7. The van der Waals surface area contributed by atoms with Crippen LogP contribution < -0.4 is 16.4 Å². The molecule has 5 aromatic rings. The van der Waals surface area contributed by atoms with Gasteiger partial charge in [-0.25, -0.2) is 9.78 Å². The fourth-order valence-corrected chi connectivity index (χ4v) is 4.35. The molecule has 4 aromatic carbocycles. The highest BCUT2D eigenvalue weighted by atomic mass is 16.4. The van der Waals surface area contributed by atoms with E-state index in [0.717, 1.165) is 11.3 Å². The van der Waals surface area contributed by atoms with E-state index in [2.05, 4.69) is 15.6 Å². The monoisotopic (exact) mass is 534 g/mol. The van der Waals surface area contributed by atoms with Crippen molar-refractivity contribution < 1.29 is 23.9 Å². The summed E-state index contributed by atoms with van der Waals surface area (Å²) in [6.07, 6.45) is 1.56. The van der Waals surface area contributed by atoms with Gasteiger partial charge in [0.15, 0.2) is 17.8 Å². The van der Waals surface area contributed by atoms with Crippen molar-refractivity contribution in [3.8, 4) is 0 Å². The third kappa shape index (κ3) is 6.06. The first-order chi connectivity index (χ1) is 19.4. The summed E-state index contributed by atoms with van der Waals surface area (Å²) in [5, 5.41) is 15.1. The molecule has 1 unspecified atom stereocenters. The molecule has 9 nitrogen and oxygen atoms in total. The number of fused-ring (bicyclic) bond motifs is 1. The number of carbonyl (C=O) groups is 3. The number of oxazole rings is 1. The normalized spacial score (nSPS) is 12.4. The number of ketones is 1. The first kappa shape index (κ1) is 26.3. The number of carboxylic acids is 1. The van der Waals surface area contributed by atoms with Gasteiger partial charge in [0.1, 0.15) is 11.6 Å². The van der Waals surface area contributed by atoms with Gasteiger partial charge in [-0.05, 0) is 72.1 Å². The molecule has 0 radical (unpaired) electrons. The Bertz CT molecular complexity index is 1660. The summed E-state index contributed by atoms with van der Waals surface area (Å²) in [5.41, 5.74) is 10.7. The van der Waals surface area contributed by atoms with Crippen LogP contribution >= 0.6 is 0 Å². The summed E-state index contributed by atoms with van der Waals surface area (Å²) in [5.74, 6) is -1.64. The average molecular weight is 535 g/mol. The van der Waals surface area contributed by atoms with Crippen molar-refractivity contribution in [2.45, 2.75) is 18.5 Å². The molecule has 1 amide bonds. The van der Waals surface area contributed by atoms with Crippen molar-refractivity contribution >= 4 is 40.1 Å². The largest absolute Gasteiger partial charge is 0.478 e. The van der Waals surface area contributed by atoms with E-state index in [1.54, 1.807) is 24.3 Å². The maximum Gasteiger partial charge on any atom is 0.335 e. The van der Waals surface area contributed by atoms with Gasteiger partial charge in [0.05, 0.1) is 11.6 Å². The second-order valence-electron chi connectivity index (χ2n) is 9.27. The zero-order valence-electron chi connectivity index (χ0n) is 21.3. The number of aromatic nitrogens is 1. The number of amides is 1. The Balaban J connectivity index is 1.34. The first-order valence-electron chi connectivity index (χ1n) is 12.5. The van der Waals surface area contributed by atoms with Crippen LogP contribution in [0.25, 0.3) is 11.1 Å². The van der Waals surface area contributed by atoms with Crippen LogP contribution in [-0.2, 0) is 11.2 Å². The summed E-state index contributed by atoms with van der Waals surface area (Å²) >= 11 is 0. The lowest BCUT2D eigenvalue weighted by molar-refractivity contribution is -0.117. The predicted octanol–water partition coefficient (Wildman–Crippen LogP) is 5.07. The van der Waals surface area contributed by atoms with Crippen LogP contribution in [0.15, 0.2) is 108 Å². The van der Waals surface area contributed by atoms with Gasteiger partial charge >= 0.3 is 5.97 Å². The minimum Gasteiger partial charge on any atom is -0.478 e. The fourth-order valence-electron chi connectivity index (χ4n) is 4.35. The van der Waals surface area contributed by atoms with Gasteiger partial charge in [0.25, 0.3) is 0 Å². The zero-order valence-corrected chi connectivity index (χ0v) is 21.3. The quantitative estimate of drug-likeness (QED) is 0.182. The second-order valence-corrected chi connectivity index (χ2v) is 9.27. The maximum absolute atomic E-state index is 13.9. The molecule has 1 aromatic heterocycles. The zero-order chi connectivity index (χ0) is 28.1. The summed E-state index contributed by atoms with van der Waals surface area (Å²) in [7, 11) is 0. The van der Waals surface area contributed by atoms with Crippen molar-refractivity contribution in [3.63, 3.8) is 0 Å². The van der Waals surface area contributed by atoms with E-state index in [-0.39, 0.29) is 17.8 Å². The number of benzene rings is 4. The number of aromatic carboxylic acids is 1. The Morgan fingerprint density at radius 2 is 1.62 bits per heavy atom. The van der Waals surface area contributed by atoms with Gasteiger partial charge in [-0.15, -0.1) is 0 Å². The van der Waals surface area contributed by atoms with Gasteiger partial charge < -0.3 is 25.9 Å². The Morgan fingerprint density at radius 3 is 2.38 bits per heavy atom. The minimum absolute atomic E-state index is 0.115. The lowest BCUT2D eigenvalue weighted by Gasteiger charge is -2.20.